The second-order valence-corrected chi connectivity index (χ2v) is 3.29. The molecule has 0 fully saturated rings. The summed E-state index contributed by atoms with van der Waals surface area (Å²) in [5, 5.41) is 17.5. The predicted molar refractivity (Wildman–Crippen MR) is 43.7 cm³/mol. The van der Waals surface area contributed by atoms with Crippen LogP contribution >= 0.6 is 12.2 Å². The van der Waals surface area contributed by atoms with Crippen LogP contribution < -0.4 is 5.73 Å². The first-order valence-corrected chi connectivity index (χ1v) is 3.45. The molecule has 0 aromatic rings. The first-order valence-electron chi connectivity index (χ1n) is 3.04. The summed E-state index contributed by atoms with van der Waals surface area (Å²) in [6.07, 6.45) is 0.384. The molecule has 0 radical (unpaired) electrons. The molecule has 60 valence electrons. The van der Waals surface area contributed by atoms with Crippen molar-refractivity contribution < 1.29 is 10.2 Å². The van der Waals surface area contributed by atoms with E-state index in [0.29, 0.717) is 11.4 Å². The van der Waals surface area contributed by atoms with E-state index in [1.54, 1.807) is 6.92 Å². The fraction of sp³-hybridized carbons (Fsp3) is 0.833. The molecule has 0 aromatic carbocycles. The molecule has 0 aliphatic carbocycles. The number of aliphatic hydroxyl groups is 2. The molecule has 0 spiro atoms. The molecule has 0 bridgehead atoms. The summed E-state index contributed by atoms with van der Waals surface area (Å²) < 4.78 is 0. The number of nitrogens with two attached hydrogens (primary N) is 1. The highest BCUT2D eigenvalue weighted by molar-refractivity contribution is 7.80. The molecule has 0 aromatic heterocycles. The summed E-state index contributed by atoms with van der Waals surface area (Å²) in [6, 6.07) is 0. The first-order chi connectivity index (χ1) is 4.54. The highest BCUT2D eigenvalue weighted by Crippen LogP contribution is 2.18. The molecule has 0 rings (SSSR count). The molecule has 0 unspecified atom stereocenters. The normalized spacial score (nSPS) is 11.5. The Kier molecular flexibility index (Phi) is 3.78. The molecule has 0 aliphatic rings. The summed E-state index contributed by atoms with van der Waals surface area (Å²) in [4.78, 5) is 0.325. The zero-order chi connectivity index (χ0) is 8.20. The molecule has 0 heterocycles. The minimum Gasteiger partial charge on any atom is -0.396 e. The van der Waals surface area contributed by atoms with E-state index >= 15 is 0 Å². The van der Waals surface area contributed by atoms with Crippen LogP contribution in [0.4, 0.5) is 0 Å². The lowest BCUT2D eigenvalue weighted by molar-refractivity contribution is 0.0763. The summed E-state index contributed by atoms with van der Waals surface area (Å²) in [5.74, 6) is 0. The van der Waals surface area contributed by atoms with Crippen LogP contribution in [0.2, 0.25) is 0 Å². The topological polar surface area (TPSA) is 66.5 Å². The third-order valence-electron chi connectivity index (χ3n) is 1.36. The zero-order valence-electron chi connectivity index (χ0n) is 6.00. The average Bonchev–Trinajstić information content (AvgIpc) is 1.87. The van der Waals surface area contributed by atoms with Gasteiger partial charge >= 0.3 is 0 Å². The Labute approximate surface area is 65.9 Å². The SMILES string of the molecule is CC(CO)(CO)CC(N)=S. The monoisotopic (exact) mass is 163 g/mol. The summed E-state index contributed by atoms with van der Waals surface area (Å²) >= 11 is 4.63. The standard InChI is InChI=1S/C6H13NO2S/c1-6(3-8,4-9)2-5(7)10/h8-9H,2-4H2,1H3,(H2,7,10). The van der Waals surface area contributed by atoms with E-state index in [0.717, 1.165) is 0 Å². The second kappa shape index (κ2) is 3.85. The number of thiocarbonyl (C=S) groups is 1. The summed E-state index contributed by atoms with van der Waals surface area (Å²) in [6.45, 7) is 1.54. The van der Waals surface area contributed by atoms with Crippen molar-refractivity contribution in [1.29, 1.82) is 0 Å². The molecule has 0 aliphatic heterocycles. The van der Waals surface area contributed by atoms with Crippen molar-refractivity contribution in [3.63, 3.8) is 0 Å². The Morgan fingerprint density at radius 2 is 1.90 bits per heavy atom. The van der Waals surface area contributed by atoms with Gasteiger partial charge in [-0.3, -0.25) is 0 Å². The first kappa shape index (κ1) is 9.81. The number of aliphatic hydroxyl groups excluding tert-OH is 2. The maximum atomic E-state index is 8.76. The van der Waals surface area contributed by atoms with E-state index in [-0.39, 0.29) is 13.2 Å². The van der Waals surface area contributed by atoms with Crippen molar-refractivity contribution in [3.8, 4) is 0 Å². The van der Waals surface area contributed by atoms with E-state index in [4.69, 9.17) is 15.9 Å². The van der Waals surface area contributed by atoms with Gasteiger partial charge in [0.2, 0.25) is 0 Å². The van der Waals surface area contributed by atoms with Crippen LogP contribution in [-0.4, -0.2) is 28.4 Å². The molecule has 3 nitrogen and oxygen atoms in total. The molecule has 10 heavy (non-hydrogen) atoms. The van der Waals surface area contributed by atoms with E-state index in [2.05, 4.69) is 12.2 Å². The van der Waals surface area contributed by atoms with Gasteiger partial charge in [-0.2, -0.15) is 0 Å². The fourth-order valence-corrected chi connectivity index (χ4v) is 0.931. The van der Waals surface area contributed by atoms with E-state index in [9.17, 15) is 0 Å². The zero-order valence-corrected chi connectivity index (χ0v) is 6.82. The lowest BCUT2D eigenvalue weighted by Gasteiger charge is -2.23. The lowest BCUT2D eigenvalue weighted by Crippen LogP contribution is -2.31. The smallest absolute Gasteiger partial charge is 0.0734 e. The van der Waals surface area contributed by atoms with Gasteiger partial charge in [0.1, 0.15) is 0 Å². The van der Waals surface area contributed by atoms with Crippen molar-refractivity contribution in [2.45, 2.75) is 13.3 Å². The number of hydrogen-bond donors (Lipinski definition) is 3. The van der Waals surface area contributed by atoms with Gasteiger partial charge in [0.15, 0.2) is 0 Å². The summed E-state index contributed by atoms with van der Waals surface area (Å²) in [5.41, 5.74) is 4.69. The quantitative estimate of drug-likeness (QED) is 0.496. The number of hydrogen-bond acceptors (Lipinski definition) is 3. The van der Waals surface area contributed by atoms with Crippen LogP contribution in [0, 0.1) is 5.41 Å². The van der Waals surface area contributed by atoms with Crippen molar-refractivity contribution >= 4 is 17.2 Å². The Balaban J connectivity index is 3.92. The van der Waals surface area contributed by atoms with Crippen LogP contribution in [-0.2, 0) is 0 Å². The Bertz CT molecular complexity index is 123. The van der Waals surface area contributed by atoms with Gasteiger partial charge in [-0.15, -0.1) is 0 Å². The van der Waals surface area contributed by atoms with Crippen molar-refractivity contribution in [2.24, 2.45) is 11.1 Å². The highest BCUT2D eigenvalue weighted by Gasteiger charge is 2.22. The number of rotatable bonds is 4. The molecular formula is C6H13NO2S. The third-order valence-corrected chi connectivity index (χ3v) is 1.51. The Hall–Kier alpha value is -0.190. The van der Waals surface area contributed by atoms with Crippen LogP contribution in [0.15, 0.2) is 0 Å². The molecule has 0 saturated carbocycles. The maximum absolute atomic E-state index is 8.76. The lowest BCUT2D eigenvalue weighted by atomic mass is 9.89. The highest BCUT2D eigenvalue weighted by atomic mass is 32.1. The van der Waals surface area contributed by atoms with Crippen LogP contribution in [0.25, 0.3) is 0 Å². The average molecular weight is 163 g/mol. The third kappa shape index (κ3) is 3.10. The van der Waals surface area contributed by atoms with Gasteiger partial charge in [0.05, 0.1) is 18.2 Å². The van der Waals surface area contributed by atoms with Crippen molar-refractivity contribution in [3.05, 3.63) is 0 Å². The second-order valence-electron chi connectivity index (χ2n) is 2.77. The van der Waals surface area contributed by atoms with Crippen molar-refractivity contribution in [2.75, 3.05) is 13.2 Å². The van der Waals surface area contributed by atoms with Crippen LogP contribution in [0.1, 0.15) is 13.3 Å². The molecule has 4 N–H and O–H groups in total. The van der Waals surface area contributed by atoms with Crippen LogP contribution in [0.3, 0.4) is 0 Å². The van der Waals surface area contributed by atoms with E-state index < -0.39 is 5.41 Å². The van der Waals surface area contributed by atoms with E-state index in [1.807, 2.05) is 0 Å². The van der Waals surface area contributed by atoms with Crippen LogP contribution in [0.5, 0.6) is 0 Å². The molecule has 4 heteroatoms. The molecule has 0 atom stereocenters. The Morgan fingerprint density at radius 1 is 1.50 bits per heavy atom. The van der Waals surface area contributed by atoms with Gasteiger partial charge in [-0.1, -0.05) is 19.1 Å². The van der Waals surface area contributed by atoms with E-state index in [1.165, 1.54) is 0 Å². The molecule has 0 saturated heterocycles. The fourth-order valence-electron chi connectivity index (χ4n) is 0.582. The largest absolute Gasteiger partial charge is 0.396 e. The summed E-state index contributed by atoms with van der Waals surface area (Å²) in [7, 11) is 0. The molecular weight excluding hydrogens is 150 g/mol. The van der Waals surface area contributed by atoms with Gasteiger partial charge in [0, 0.05) is 11.8 Å². The van der Waals surface area contributed by atoms with Gasteiger partial charge in [0.25, 0.3) is 0 Å². The van der Waals surface area contributed by atoms with Crippen molar-refractivity contribution in [1.82, 2.24) is 0 Å². The molecule has 0 amide bonds. The maximum Gasteiger partial charge on any atom is 0.0734 e. The van der Waals surface area contributed by atoms with Gasteiger partial charge in [-0.05, 0) is 0 Å². The minimum absolute atomic E-state index is 0.0964. The van der Waals surface area contributed by atoms with Gasteiger partial charge in [-0.25, -0.2) is 0 Å². The minimum atomic E-state index is -0.550. The Morgan fingerprint density at radius 3 is 2.00 bits per heavy atom. The predicted octanol–water partition coefficient (Wildman–Crippen LogP) is -0.346. The van der Waals surface area contributed by atoms with Gasteiger partial charge < -0.3 is 15.9 Å².